The summed E-state index contributed by atoms with van der Waals surface area (Å²) in [6.07, 6.45) is 0. The SMILES string of the molecule is COC(=O)C(C)(C)Cn1nc(C)ccc1=O. The van der Waals surface area contributed by atoms with E-state index in [9.17, 15) is 9.59 Å². The maximum Gasteiger partial charge on any atom is 0.313 e. The fraction of sp³-hybridized carbons (Fsp3) is 0.545. The first-order valence-corrected chi connectivity index (χ1v) is 5.00. The van der Waals surface area contributed by atoms with Crippen molar-refractivity contribution in [2.45, 2.75) is 27.3 Å². The van der Waals surface area contributed by atoms with Crippen molar-refractivity contribution in [1.82, 2.24) is 9.78 Å². The summed E-state index contributed by atoms with van der Waals surface area (Å²) < 4.78 is 5.96. The Kier molecular flexibility index (Phi) is 3.47. The number of rotatable bonds is 3. The van der Waals surface area contributed by atoms with Gasteiger partial charge in [-0.15, -0.1) is 0 Å². The molecule has 0 atom stereocenters. The van der Waals surface area contributed by atoms with Crippen LogP contribution in [0.25, 0.3) is 0 Å². The fourth-order valence-electron chi connectivity index (χ4n) is 1.38. The standard InChI is InChI=1S/C11H16N2O3/c1-8-5-6-9(14)13(12-8)7-11(2,3)10(15)16-4/h5-6H,7H2,1-4H3. The van der Waals surface area contributed by atoms with E-state index in [1.807, 2.05) is 0 Å². The van der Waals surface area contributed by atoms with Gasteiger partial charge in [0, 0.05) is 6.07 Å². The molecule has 0 radical (unpaired) electrons. The van der Waals surface area contributed by atoms with Crippen LogP contribution in [0.5, 0.6) is 0 Å². The number of hydrogen-bond donors (Lipinski definition) is 0. The molecule has 1 rings (SSSR count). The molecule has 88 valence electrons. The first-order chi connectivity index (χ1) is 7.36. The molecule has 0 aliphatic carbocycles. The Morgan fingerprint density at radius 1 is 1.50 bits per heavy atom. The minimum atomic E-state index is -0.765. The normalized spacial score (nSPS) is 11.2. The first kappa shape index (κ1) is 12.4. The van der Waals surface area contributed by atoms with Crippen molar-refractivity contribution in [2.24, 2.45) is 5.41 Å². The van der Waals surface area contributed by atoms with E-state index in [-0.39, 0.29) is 18.1 Å². The van der Waals surface area contributed by atoms with Crippen LogP contribution < -0.4 is 5.56 Å². The van der Waals surface area contributed by atoms with Crippen LogP contribution in [0.1, 0.15) is 19.5 Å². The molecule has 0 spiro atoms. The van der Waals surface area contributed by atoms with Crippen molar-refractivity contribution >= 4 is 5.97 Å². The minimum Gasteiger partial charge on any atom is -0.469 e. The highest BCUT2D eigenvalue weighted by Gasteiger charge is 2.30. The second-order valence-electron chi connectivity index (χ2n) is 4.35. The molecular formula is C11H16N2O3. The molecule has 0 aromatic carbocycles. The summed E-state index contributed by atoms with van der Waals surface area (Å²) in [5.41, 5.74) is -0.248. The van der Waals surface area contributed by atoms with E-state index in [0.717, 1.165) is 5.69 Å². The Hall–Kier alpha value is -1.65. The second-order valence-corrected chi connectivity index (χ2v) is 4.35. The molecule has 1 aromatic heterocycles. The molecule has 0 saturated carbocycles. The fourth-order valence-corrected chi connectivity index (χ4v) is 1.38. The zero-order chi connectivity index (χ0) is 12.3. The number of carbonyl (C=O) groups excluding carboxylic acids is 1. The largest absolute Gasteiger partial charge is 0.469 e. The van der Waals surface area contributed by atoms with Crippen LogP contribution in [0.2, 0.25) is 0 Å². The second kappa shape index (κ2) is 4.47. The minimum absolute atomic E-state index is 0.209. The number of hydrogen-bond acceptors (Lipinski definition) is 4. The van der Waals surface area contributed by atoms with E-state index in [1.165, 1.54) is 17.9 Å². The third-order valence-electron chi connectivity index (χ3n) is 2.28. The lowest BCUT2D eigenvalue weighted by molar-refractivity contribution is -0.151. The van der Waals surface area contributed by atoms with Crippen molar-refractivity contribution in [3.05, 3.63) is 28.2 Å². The van der Waals surface area contributed by atoms with Gasteiger partial charge in [-0.2, -0.15) is 5.10 Å². The average molecular weight is 224 g/mol. The van der Waals surface area contributed by atoms with Crippen molar-refractivity contribution < 1.29 is 9.53 Å². The number of esters is 1. The van der Waals surface area contributed by atoms with Gasteiger partial charge >= 0.3 is 5.97 Å². The van der Waals surface area contributed by atoms with E-state index < -0.39 is 5.41 Å². The summed E-state index contributed by atoms with van der Waals surface area (Å²) >= 11 is 0. The summed E-state index contributed by atoms with van der Waals surface area (Å²) in [5.74, 6) is -0.359. The molecule has 1 heterocycles. The van der Waals surface area contributed by atoms with Crippen LogP contribution in [-0.4, -0.2) is 22.9 Å². The number of aryl methyl sites for hydroxylation is 1. The maximum atomic E-state index is 11.5. The van der Waals surface area contributed by atoms with Gasteiger partial charge in [0.05, 0.1) is 24.8 Å². The zero-order valence-corrected chi connectivity index (χ0v) is 9.98. The van der Waals surface area contributed by atoms with Crippen LogP contribution in [0.15, 0.2) is 16.9 Å². The summed E-state index contributed by atoms with van der Waals surface area (Å²) in [6, 6.07) is 3.08. The summed E-state index contributed by atoms with van der Waals surface area (Å²) in [7, 11) is 1.33. The third-order valence-corrected chi connectivity index (χ3v) is 2.28. The highest BCUT2D eigenvalue weighted by Crippen LogP contribution is 2.18. The molecule has 0 fully saturated rings. The van der Waals surface area contributed by atoms with E-state index >= 15 is 0 Å². The quantitative estimate of drug-likeness (QED) is 0.711. The van der Waals surface area contributed by atoms with Gasteiger partial charge in [-0.25, -0.2) is 4.68 Å². The van der Waals surface area contributed by atoms with Crippen molar-refractivity contribution in [3.63, 3.8) is 0 Å². The number of aromatic nitrogens is 2. The van der Waals surface area contributed by atoms with E-state index in [1.54, 1.807) is 26.8 Å². The smallest absolute Gasteiger partial charge is 0.313 e. The van der Waals surface area contributed by atoms with Crippen LogP contribution in [0, 0.1) is 12.3 Å². The Morgan fingerprint density at radius 3 is 2.69 bits per heavy atom. The monoisotopic (exact) mass is 224 g/mol. The molecule has 0 aliphatic heterocycles. The molecule has 1 aromatic rings. The molecule has 5 nitrogen and oxygen atoms in total. The van der Waals surface area contributed by atoms with Crippen LogP contribution in [-0.2, 0) is 16.1 Å². The molecule has 0 N–H and O–H groups in total. The van der Waals surface area contributed by atoms with Crippen molar-refractivity contribution in [2.75, 3.05) is 7.11 Å². The molecule has 0 saturated heterocycles. The topological polar surface area (TPSA) is 61.2 Å². The Morgan fingerprint density at radius 2 is 2.12 bits per heavy atom. The molecular weight excluding hydrogens is 208 g/mol. The number of carbonyl (C=O) groups is 1. The highest BCUT2D eigenvalue weighted by atomic mass is 16.5. The number of ether oxygens (including phenoxy) is 1. The van der Waals surface area contributed by atoms with Crippen molar-refractivity contribution in [3.8, 4) is 0 Å². The number of methoxy groups -OCH3 is 1. The van der Waals surface area contributed by atoms with E-state index in [0.29, 0.717) is 0 Å². The van der Waals surface area contributed by atoms with Crippen LogP contribution >= 0.6 is 0 Å². The Bertz CT molecular complexity index is 449. The third kappa shape index (κ3) is 2.68. The van der Waals surface area contributed by atoms with Gasteiger partial charge in [0.15, 0.2) is 0 Å². The van der Waals surface area contributed by atoms with Gasteiger partial charge in [0.25, 0.3) is 5.56 Å². The zero-order valence-electron chi connectivity index (χ0n) is 9.98. The number of nitrogens with zero attached hydrogens (tertiary/aromatic N) is 2. The molecule has 0 aliphatic rings. The summed E-state index contributed by atoms with van der Waals surface area (Å²) in [4.78, 5) is 23.0. The van der Waals surface area contributed by atoms with Gasteiger partial charge in [-0.3, -0.25) is 9.59 Å². The first-order valence-electron chi connectivity index (χ1n) is 5.00. The van der Waals surface area contributed by atoms with E-state index in [2.05, 4.69) is 9.84 Å². The average Bonchev–Trinajstić information content (AvgIpc) is 2.22. The van der Waals surface area contributed by atoms with Gasteiger partial charge in [0.1, 0.15) is 0 Å². The Balaban J connectivity index is 3.00. The molecule has 0 amide bonds. The lowest BCUT2D eigenvalue weighted by atomic mass is 9.94. The highest BCUT2D eigenvalue weighted by molar-refractivity contribution is 5.75. The van der Waals surface area contributed by atoms with E-state index in [4.69, 9.17) is 0 Å². The van der Waals surface area contributed by atoms with Crippen molar-refractivity contribution in [1.29, 1.82) is 0 Å². The van der Waals surface area contributed by atoms with Gasteiger partial charge in [0.2, 0.25) is 0 Å². The van der Waals surface area contributed by atoms with Gasteiger partial charge in [-0.05, 0) is 26.8 Å². The maximum absolute atomic E-state index is 11.5. The Labute approximate surface area is 94.0 Å². The summed E-state index contributed by atoms with van der Waals surface area (Å²) in [6.45, 7) is 5.44. The lowest BCUT2D eigenvalue weighted by Crippen LogP contribution is -2.36. The summed E-state index contributed by atoms with van der Waals surface area (Å²) in [5, 5.41) is 4.07. The van der Waals surface area contributed by atoms with Gasteiger partial charge in [-0.1, -0.05) is 0 Å². The molecule has 0 bridgehead atoms. The van der Waals surface area contributed by atoms with Crippen LogP contribution in [0.3, 0.4) is 0 Å². The van der Waals surface area contributed by atoms with Crippen LogP contribution in [0.4, 0.5) is 0 Å². The lowest BCUT2D eigenvalue weighted by Gasteiger charge is -2.21. The molecule has 5 heteroatoms. The molecule has 16 heavy (non-hydrogen) atoms. The predicted molar refractivity (Wildman–Crippen MR) is 59.0 cm³/mol. The predicted octanol–water partition coefficient (Wildman–Crippen LogP) is 0.751. The molecule has 0 unspecified atom stereocenters. The van der Waals surface area contributed by atoms with Gasteiger partial charge < -0.3 is 4.74 Å².